The van der Waals surface area contributed by atoms with Gasteiger partial charge in [0.05, 0.1) is 0 Å². The van der Waals surface area contributed by atoms with Crippen molar-refractivity contribution in [3.63, 3.8) is 0 Å². The first-order valence-electron chi connectivity index (χ1n) is 7.93. The minimum atomic E-state index is -4.79. The number of hydrogen-bond donors (Lipinski definition) is 1. The molecule has 2 aromatic rings. The van der Waals surface area contributed by atoms with E-state index in [1.807, 2.05) is 0 Å². The Kier molecular flexibility index (Phi) is 6.75. The molecule has 1 N–H and O–H groups in total. The molecule has 0 aliphatic carbocycles. The molecule has 0 aromatic heterocycles. The topological polar surface area (TPSA) is 64.6 Å². The predicted molar refractivity (Wildman–Crippen MR) is 92.7 cm³/mol. The lowest BCUT2D eigenvalue weighted by molar-refractivity contribution is -0.274. The molecule has 0 spiro atoms. The molecule has 1 atom stereocenters. The Balaban J connectivity index is 1.86. The second-order valence-electron chi connectivity index (χ2n) is 5.53. The van der Waals surface area contributed by atoms with Crippen LogP contribution in [0, 0.1) is 5.82 Å². The molecule has 0 aliphatic heterocycles. The zero-order chi connectivity index (χ0) is 20.7. The first-order valence-corrected chi connectivity index (χ1v) is 7.93. The fraction of sp³-hybridized carbons (Fsp3) is 0.158. The van der Waals surface area contributed by atoms with Crippen LogP contribution >= 0.6 is 0 Å². The number of carbonyl (C=O) groups excluding carboxylic acids is 2. The van der Waals surface area contributed by atoms with Gasteiger partial charge in [0.2, 0.25) is 0 Å². The van der Waals surface area contributed by atoms with Gasteiger partial charge in [0.15, 0.2) is 6.10 Å². The van der Waals surface area contributed by atoms with Gasteiger partial charge in [-0.2, -0.15) is 0 Å². The van der Waals surface area contributed by atoms with E-state index in [0.717, 1.165) is 18.2 Å². The molecule has 0 saturated carbocycles. The van der Waals surface area contributed by atoms with Crippen LogP contribution in [0.2, 0.25) is 0 Å². The Morgan fingerprint density at radius 1 is 1.04 bits per heavy atom. The second kappa shape index (κ2) is 9.03. The van der Waals surface area contributed by atoms with Gasteiger partial charge < -0.3 is 14.8 Å². The Morgan fingerprint density at radius 2 is 1.64 bits per heavy atom. The number of anilines is 1. The number of benzene rings is 2. The maximum absolute atomic E-state index is 12.8. The normalized spacial score (nSPS) is 12.5. The lowest BCUT2D eigenvalue weighted by atomic mass is 10.2. The highest BCUT2D eigenvalue weighted by atomic mass is 19.4. The molecule has 0 bridgehead atoms. The van der Waals surface area contributed by atoms with E-state index >= 15 is 0 Å². The Bertz CT molecular complexity index is 846. The quantitative estimate of drug-likeness (QED) is 0.448. The van der Waals surface area contributed by atoms with Crippen LogP contribution in [-0.4, -0.2) is 24.3 Å². The fourth-order valence-electron chi connectivity index (χ4n) is 1.99. The summed E-state index contributed by atoms with van der Waals surface area (Å²) in [5, 5.41) is 2.46. The number of carbonyl (C=O) groups is 2. The Morgan fingerprint density at radius 3 is 2.21 bits per heavy atom. The van der Waals surface area contributed by atoms with Crippen LogP contribution in [0.3, 0.4) is 0 Å². The molecule has 0 unspecified atom stereocenters. The number of nitrogens with one attached hydrogen (secondary N) is 1. The standard InChI is InChI=1S/C19H15F4NO4/c1-12(18(26)24-15-7-5-14(20)6-8-15)27-17(25)11-4-13-2-9-16(10-3-13)28-19(21,22)23/h2-12H,1H3,(H,24,26)/b11-4+/t12-/m0/s1. The highest BCUT2D eigenvalue weighted by Gasteiger charge is 2.30. The van der Waals surface area contributed by atoms with Gasteiger partial charge in [-0.3, -0.25) is 4.79 Å². The average molecular weight is 397 g/mol. The molecule has 0 heterocycles. The van der Waals surface area contributed by atoms with Gasteiger partial charge in [-0.25, -0.2) is 9.18 Å². The third-order valence-electron chi connectivity index (χ3n) is 3.30. The monoisotopic (exact) mass is 397 g/mol. The minimum Gasteiger partial charge on any atom is -0.449 e. The largest absolute Gasteiger partial charge is 0.573 e. The summed E-state index contributed by atoms with van der Waals surface area (Å²) in [6.07, 6.45) is -3.57. The molecule has 1 amide bonds. The minimum absolute atomic E-state index is 0.339. The van der Waals surface area contributed by atoms with Gasteiger partial charge in [0.1, 0.15) is 11.6 Å². The third-order valence-corrected chi connectivity index (χ3v) is 3.30. The zero-order valence-corrected chi connectivity index (χ0v) is 14.5. The van der Waals surface area contributed by atoms with E-state index in [1.54, 1.807) is 0 Å². The van der Waals surface area contributed by atoms with Crippen molar-refractivity contribution in [3.05, 3.63) is 66.0 Å². The Hall–Kier alpha value is -3.36. The molecular weight excluding hydrogens is 382 g/mol. The zero-order valence-electron chi connectivity index (χ0n) is 14.5. The van der Waals surface area contributed by atoms with Crippen LogP contribution < -0.4 is 10.1 Å². The van der Waals surface area contributed by atoms with Crippen LogP contribution in [0.4, 0.5) is 23.2 Å². The average Bonchev–Trinajstić information content (AvgIpc) is 2.61. The van der Waals surface area contributed by atoms with Crippen LogP contribution in [0.15, 0.2) is 54.6 Å². The number of amides is 1. The molecule has 0 fully saturated rings. The maximum Gasteiger partial charge on any atom is 0.573 e. The molecule has 148 valence electrons. The summed E-state index contributed by atoms with van der Waals surface area (Å²) in [5.41, 5.74) is 0.765. The first-order chi connectivity index (χ1) is 13.1. The summed E-state index contributed by atoms with van der Waals surface area (Å²) in [7, 11) is 0. The smallest absolute Gasteiger partial charge is 0.449 e. The summed E-state index contributed by atoms with van der Waals surface area (Å²) in [4.78, 5) is 23.7. The van der Waals surface area contributed by atoms with E-state index in [-0.39, 0.29) is 0 Å². The molecule has 2 aromatic carbocycles. The van der Waals surface area contributed by atoms with Crippen LogP contribution in [0.1, 0.15) is 12.5 Å². The van der Waals surface area contributed by atoms with Crippen molar-refractivity contribution in [2.45, 2.75) is 19.4 Å². The van der Waals surface area contributed by atoms with Gasteiger partial charge in [0.25, 0.3) is 5.91 Å². The van der Waals surface area contributed by atoms with E-state index in [9.17, 15) is 27.2 Å². The molecule has 0 aliphatic rings. The van der Waals surface area contributed by atoms with Crippen LogP contribution in [0.25, 0.3) is 6.08 Å². The first kappa shape index (κ1) is 20.9. The van der Waals surface area contributed by atoms with Crippen molar-refractivity contribution in [2.24, 2.45) is 0 Å². The van der Waals surface area contributed by atoms with Crippen molar-refractivity contribution in [1.29, 1.82) is 0 Å². The van der Waals surface area contributed by atoms with Gasteiger partial charge in [-0.15, -0.1) is 13.2 Å². The summed E-state index contributed by atoms with van der Waals surface area (Å²) in [6, 6.07) is 9.86. The SMILES string of the molecule is C[C@H](OC(=O)/C=C/c1ccc(OC(F)(F)F)cc1)C(=O)Nc1ccc(F)cc1. The van der Waals surface area contributed by atoms with Crippen molar-refractivity contribution in [3.8, 4) is 5.75 Å². The number of ether oxygens (including phenoxy) is 2. The van der Waals surface area contributed by atoms with E-state index in [2.05, 4.69) is 10.1 Å². The summed E-state index contributed by atoms with van der Waals surface area (Å²) in [5.74, 6) is -2.28. The molecule has 28 heavy (non-hydrogen) atoms. The second-order valence-corrected chi connectivity index (χ2v) is 5.53. The van der Waals surface area contributed by atoms with E-state index in [4.69, 9.17) is 4.74 Å². The molecule has 2 rings (SSSR count). The van der Waals surface area contributed by atoms with E-state index in [0.29, 0.717) is 11.3 Å². The van der Waals surface area contributed by atoms with Gasteiger partial charge >= 0.3 is 12.3 Å². The van der Waals surface area contributed by atoms with E-state index in [1.165, 1.54) is 49.4 Å². The molecule has 0 saturated heterocycles. The van der Waals surface area contributed by atoms with E-state index < -0.39 is 35.9 Å². The number of hydrogen-bond acceptors (Lipinski definition) is 4. The Labute approximate surface area is 157 Å². The van der Waals surface area contributed by atoms with Crippen molar-refractivity contribution < 1.29 is 36.6 Å². The van der Waals surface area contributed by atoms with Crippen molar-refractivity contribution in [1.82, 2.24) is 0 Å². The van der Waals surface area contributed by atoms with Crippen LogP contribution in [0.5, 0.6) is 5.75 Å². The van der Waals surface area contributed by atoms with Crippen molar-refractivity contribution >= 4 is 23.6 Å². The highest BCUT2D eigenvalue weighted by Crippen LogP contribution is 2.23. The molecule has 9 heteroatoms. The summed E-state index contributed by atoms with van der Waals surface area (Å²) >= 11 is 0. The number of esters is 1. The van der Waals surface area contributed by atoms with Crippen molar-refractivity contribution in [2.75, 3.05) is 5.32 Å². The molecular formula is C19H15F4NO4. The summed E-state index contributed by atoms with van der Waals surface area (Å²) < 4.78 is 57.8. The lowest BCUT2D eigenvalue weighted by Crippen LogP contribution is -2.29. The molecule has 5 nitrogen and oxygen atoms in total. The lowest BCUT2D eigenvalue weighted by Gasteiger charge is -2.12. The van der Waals surface area contributed by atoms with Gasteiger partial charge in [-0.05, 0) is 55.0 Å². The van der Waals surface area contributed by atoms with Gasteiger partial charge in [0, 0.05) is 11.8 Å². The summed E-state index contributed by atoms with van der Waals surface area (Å²) in [6.45, 7) is 1.36. The number of alkyl halides is 3. The number of rotatable bonds is 6. The number of halogens is 4. The molecule has 0 radical (unpaired) electrons. The van der Waals surface area contributed by atoms with Gasteiger partial charge in [-0.1, -0.05) is 12.1 Å². The fourth-order valence-corrected chi connectivity index (χ4v) is 1.99. The van der Waals surface area contributed by atoms with Crippen LogP contribution in [-0.2, 0) is 14.3 Å². The third kappa shape index (κ3) is 7.10. The maximum atomic E-state index is 12.8. The highest BCUT2D eigenvalue weighted by molar-refractivity contribution is 5.96. The predicted octanol–water partition coefficient (Wildman–Crippen LogP) is 4.31.